The second-order valence-corrected chi connectivity index (χ2v) is 5.02. The Hall–Kier alpha value is -0.870. The first-order chi connectivity index (χ1) is 7.95. The summed E-state index contributed by atoms with van der Waals surface area (Å²) < 4.78 is 1.95. The Bertz CT molecular complexity index is 357. The predicted octanol–water partition coefficient (Wildman–Crippen LogP) is 1.60. The van der Waals surface area contributed by atoms with Gasteiger partial charge in [0.15, 0.2) is 0 Å². The molecule has 0 fully saturated rings. The largest absolute Gasteiger partial charge is 0.327 e. The van der Waals surface area contributed by atoms with Gasteiger partial charge in [0.05, 0.1) is 5.69 Å². The summed E-state index contributed by atoms with van der Waals surface area (Å²) in [5, 5.41) is 4.44. The molecule has 0 saturated carbocycles. The summed E-state index contributed by atoms with van der Waals surface area (Å²) in [5.74, 6) is 0. The summed E-state index contributed by atoms with van der Waals surface area (Å²) in [6.07, 6.45) is 2.25. The summed E-state index contributed by atoms with van der Waals surface area (Å²) in [6.45, 7) is 8.25. The molecule has 0 aliphatic rings. The van der Waals surface area contributed by atoms with E-state index >= 15 is 0 Å². The Labute approximate surface area is 105 Å². The lowest BCUT2D eigenvalue weighted by Gasteiger charge is -2.21. The van der Waals surface area contributed by atoms with Crippen molar-refractivity contribution in [3.8, 4) is 0 Å². The summed E-state index contributed by atoms with van der Waals surface area (Å²) in [6, 6.07) is 0.280. The molecule has 0 aliphatic heterocycles. The molecule has 17 heavy (non-hydrogen) atoms. The van der Waals surface area contributed by atoms with Crippen LogP contribution in [0.15, 0.2) is 0 Å². The monoisotopic (exact) mass is 238 g/mol. The molecule has 4 heteroatoms. The van der Waals surface area contributed by atoms with E-state index in [1.54, 1.807) is 0 Å². The molecule has 1 aromatic heterocycles. The predicted molar refractivity (Wildman–Crippen MR) is 71.9 cm³/mol. The van der Waals surface area contributed by atoms with Gasteiger partial charge < -0.3 is 10.6 Å². The lowest BCUT2D eigenvalue weighted by molar-refractivity contribution is 0.296. The van der Waals surface area contributed by atoms with E-state index in [-0.39, 0.29) is 6.04 Å². The Morgan fingerprint density at radius 1 is 1.41 bits per heavy atom. The zero-order valence-corrected chi connectivity index (χ0v) is 11.8. The van der Waals surface area contributed by atoms with Crippen LogP contribution in [0.4, 0.5) is 0 Å². The molecule has 1 aromatic rings. The normalized spacial score (nSPS) is 13.4. The second-order valence-electron chi connectivity index (χ2n) is 5.02. The van der Waals surface area contributed by atoms with Crippen molar-refractivity contribution in [1.82, 2.24) is 14.7 Å². The first kappa shape index (κ1) is 14.2. The van der Waals surface area contributed by atoms with Crippen LogP contribution in [0, 0.1) is 13.8 Å². The maximum Gasteiger partial charge on any atom is 0.0641 e. The smallest absolute Gasteiger partial charge is 0.0641 e. The van der Waals surface area contributed by atoms with E-state index < -0.39 is 0 Å². The molecule has 1 atom stereocenters. The van der Waals surface area contributed by atoms with E-state index in [1.165, 1.54) is 11.3 Å². The van der Waals surface area contributed by atoms with Gasteiger partial charge in [-0.2, -0.15) is 5.10 Å². The molecule has 98 valence electrons. The Morgan fingerprint density at radius 2 is 2.06 bits per heavy atom. The molecule has 1 rings (SSSR count). The van der Waals surface area contributed by atoms with Crippen molar-refractivity contribution >= 4 is 0 Å². The zero-order valence-electron chi connectivity index (χ0n) is 11.8. The minimum atomic E-state index is 0.280. The molecule has 0 aromatic carbocycles. The summed E-state index contributed by atoms with van der Waals surface area (Å²) in [7, 11) is 4.12. The number of hydrogen-bond acceptors (Lipinski definition) is 3. The van der Waals surface area contributed by atoms with E-state index in [4.69, 9.17) is 5.73 Å². The summed E-state index contributed by atoms with van der Waals surface area (Å²) >= 11 is 0. The topological polar surface area (TPSA) is 47.1 Å². The van der Waals surface area contributed by atoms with Crippen molar-refractivity contribution < 1.29 is 0 Å². The maximum atomic E-state index is 6.06. The van der Waals surface area contributed by atoms with Gasteiger partial charge in [0.2, 0.25) is 0 Å². The molecule has 0 bridgehead atoms. The molecule has 0 aliphatic carbocycles. The fourth-order valence-corrected chi connectivity index (χ4v) is 2.24. The minimum Gasteiger partial charge on any atom is -0.327 e. The van der Waals surface area contributed by atoms with Gasteiger partial charge in [-0.1, -0.05) is 13.3 Å². The van der Waals surface area contributed by atoms with Crippen molar-refractivity contribution in [1.29, 1.82) is 0 Å². The lowest BCUT2D eigenvalue weighted by atomic mass is 10.1. The average Bonchev–Trinajstić information content (AvgIpc) is 2.45. The molecule has 0 amide bonds. The first-order valence-electron chi connectivity index (χ1n) is 6.38. The number of aromatic nitrogens is 2. The van der Waals surface area contributed by atoms with Gasteiger partial charge in [-0.15, -0.1) is 0 Å². The van der Waals surface area contributed by atoms with E-state index in [9.17, 15) is 0 Å². The van der Waals surface area contributed by atoms with Crippen molar-refractivity contribution in [2.45, 2.75) is 46.2 Å². The van der Waals surface area contributed by atoms with Crippen molar-refractivity contribution in [3.63, 3.8) is 0 Å². The van der Waals surface area contributed by atoms with Gasteiger partial charge in [0, 0.05) is 37.4 Å². The fraction of sp³-hybridized carbons (Fsp3) is 0.769. The lowest BCUT2D eigenvalue weighted by Crippen LogP contribution is -2.35. The quantitative estimate of drug-likeness (QED) is 0.819. The number of nitrogens with zero attached hydrogens (tertiary/aromatic N) is 3. The van der Waals surface area contributed by atoms with Gasteiger partial charge in [-0.25, -0.2) is 0 Å². The molecular weight excluding hydrogens is 212 g/mol. The highest BCUT2D eigenvalue weighted by atomic mass is 15.3. The highest BCUT2D eigenvalue weighted by Crippen LogP contribution is 2.14. The van der Waals surface area contributed by atoms with Crippen LogP contribution in [0.3, 0.4) is 0 Å². The Balaban J connectivity index is 2.58. The number of likely N-dealkylation sites (N-methyl/N-ethyl adjacent to an activating group) is 1. The maximum absolute atomic E-state index is 6.06. The van der Waals surface area contributed by atoms with Gasteiger partial charge in [0.1, 0.15) is 0 Å². The van der Waals surface area contributed by atoms with Gasteiger partial charge in [-0.05, 0) is 27.3 Å². The van der Waals surface area contributed by atoms with Crippen LogP contribution in [0.1, 0.15) is 36.7 Å². The van der Waals surface area contributed by atoms with Crippen LogP contribution in [0.25, 0.3) is 0 Å². The van der Waals surface area contributed by atoms with Gasteiger partial charge >= 0.3 is 0 Å². The number of aryl methyl sites for hydroxylation is 2. The standard InChI is InChI=1S/C13H26N4/c1-6-7-12(14)8-16(4)9-13-10(2)15-17(5)11(13)3/h12H,6-9,14H2,1-5H3. The number of nitrogens with two attached hydrogens (primary N) is 1. The van der Waals surface area contributed by atoms with Crippen LogP contribution in [0.2, 0.25) is 0 Å². The molecule has 1 unspecified atom stereocenters. The fourth-order valence-electron chi connectivity index (χ4n) is 2.24. The molecule has 0 spiro atoms. The van der Waals surface area contributed by atoms with E-state index in [1.807, 2.05) is 11.7 Å². The third-order valence-corrected chi connectivity index (χ3v) is 3.29. The Kier molecular flexibility index (Phi) is 5.15. The van der Waals surface area contributed by atoms with Crippen molar-refractivity contribution in [2.24, 2.45) is 12.8 Å². The van der Waals surface area contributed by atoms with Gasteiger partial charge in [-0.3, -0.25) is 4.68 Å². The molecule has 4 nitrogen and oxygen atoms in total. The van der Waals surface area contributed by atoms with Crippen LogP contribution in [0.5, 0.6) is 0 Å². The number of hydrogen-bond donors (Lipinski definition) is 1. The first-order valence-corrected chi connectivity index (χ1v) is 6.38. The van der Waals surface area contributed by atoms with Gasteiger partial charge in [0.25, 0.3) is 0 Å². The van der Waals surface area contributed by atoms with Crippen LogP contribution >= 0.6 is 0 Å². The number of rotatable bonds is 6. The van der Waals surface area contributed by atoms with Crippen molar-refractivity contribution in [2.75, 3.05) is 13.6 Å². The van der Waals surface area contributed by atoms with E-state index in [0.29, 0.717) is 0 Å². The summed E-state index contributed by atoms with van der Waals surface area (Å²) in [5.41, 5.74) is 9.76. The average molecular weight is 238 g/mol. The third kappa shape index (κ3) is 3.82. The SMILES string of the molecule is CCCC(N)CN(C)Cc1c(C)nn(C)c1C. The summed E-state index contributed by atoms with van der Waals surface area (Å²) in [4.78, 5) is 2.29. The van der Waals surface area contributed by atoms with Crippen LogP contribution < -0.4 is 5.73 Å². The highest BCUT2D eigenvalue weighted by Gasteiger charge is 2.13. The molecule has 0 saturated heterocycles. The van der Waals surface area contributed by atoms with Crippen LogP contribution in [-0.2, 0) is 13.6 Å². The highest BCUT2D eigenvalue weighted by molar-refractivity contribution is 5.24. The van der Waals surface area contributed by atoms with Crippen LogP contribution in [-0.4, -0.2) is 34.3 Å². The van der Waals surface area contributed by atoms with E-state index in [2.05, 4.69) is 37.8 Å². The molecule has 1 heterocycles. The van der Waals surface area contributed by atoms with Crippen molar-refractivity contribution in [3.05, 3.63) is 17.0 Å². The third-order valence-electron chi connectivity index (χ3n) is 3.29. The zero-order chi connectivity index (χ0) is 13.0. The minimum absolute atomic E-state index is 0.280. The Morgan fingerprint density at radius 3 is 2.53 bits per heavy atom. The molecule has 2 N–H and O–H groups in total. The second kappa shape index (κ2) is 6.17. The molecular formula is C13H26N4. The van der Waals surface area contributed by atoms with E-state index in [0.717, 1.165) is 31.6 Å². The molecule has 0 radical (unpaired) electrons.